The first kappa shape index (κ1) is 33.8. The van der Waals surface area contributed by atoms with Crippen molar-refractivity contribution in [3.63, 3.8) is 0 Å². The van der Waals surface area contributed by atoms with Gasteiger partial charge in [0.05, 0.1) is 20.1 Å². The summed E-state index contributed by atoms with van der Waals surface area (Å²) in [6.07, 6.45) is 0. The highest BCUT2D eigenvalue weighted by Gasteiger charge is 2.30. The van der Waals surface area contributed by atoms with Crippen LogP contribution in [0, 0.1) is 0 Å². The lowest BCUT2D eigenvalue weighted by molar-refractivity contribution is 0.480. The van der Waals surface area contributed by atoms with Crippen molar-refractivity contribution in [2.24, 2.45) is 0 Å². The van der Waals surface area contributed by atoms with Crippen molar-refractivity contribution >= 4 is 130 Å². The predicted octanol–water partition coefficient (Wildman–Crippen LogP) is 9.86. The first-order valence-electron chi connectivity index (χ1n) is 9.42. The fourth-order valence-electron chi connectivity index (χ4n) is 3.00. The number of benzene rings is 3. The maximum atomic E-state index is 11.5. The molecule has 0 aliphatic carbocycles. The van der Waals surface area contributed by atoms with E-state index in [0.29, 0.717) is 31.2 Å². The molecular formula is C21H14Br4Cl4O6S2. The predicted molar refractivity (Wildman–Crippen MR) is 162 cm³/mol. The third-order valence-corrected chi connectivity index (χ3v) is 12.1. The summed E-state index contributed by atoms with van der Waals surface area (Å²) >= 11 is 35.2. The lowest BCUT2D eigenvalue weighted by Gasteiger charge is -2.28. The summed E-state index contributed by atoms with van der Waals surface area (Å²) < 4.78 is 65.5. The highest BCUT2D eigenvalue weighted by molar-refractivity contribution is 9.11. The van der Waals surface area contributed by atoms with Crippen LogP contribution in [0.1, 0.15) is 25.0 Å². The van der Waals surface area contributed by atoms with Crippen LogP contribution in [0.2, 0.25) is 20.1 Å². The van der Waals surface area contributed by atoms with Crippen LogP contribution < -0.4 is 0 Å². The van der Waals surface area contributed by atoms with E-state index in [4.69, 9.17) is 46.4 Å². The maximum absolute atomic E-state index is 11.5. The zero-order chi connectivity index (χ0) is 28.7. The number of hydrogen-bond donors (Lipinski definition) is 2. The largest absolute Gasteiger partial charge is 0.296 e. The second-order valence-corrected chi connectivity index (χ2v) is 15.5. The summed E-state index contributed by atoms with van der Waals surface area (Å²) in [6, 6.07) is 9.44. The monoisotopic (exact) mass is 882 g/mol. The Bertz CT molecular complexity index is 1430. The van der Waals surface area contributed by atoms with Gasteiger partial charge in [-0.3, -0.25) is 9.11 Å². The van der Waals surface area contributed by atoms with Crippen molar-refractivity contribution in [2.45, 2.75) is 29.1 Å². The van der Waals surface area contributed by atoms with E-state index in [1.807, 2.05) is 13.8 Å². The standard InChI is InChI=1S/C15H12Br4O6S2.C6H2Cl4/c1-15(2,7-3-9(16)13(10(17)4-7)26(20,21)22)8-5-11(18)14(12(19)6-8)27(23,24)25;7-3-1-2-4(8)6(10)5(3)9/h3-6H,1-2H3,(H,20,21,22)(H,23,24,25);1-2H. The van der Waals surface area contributed by atoms with E-state index in [2.05, 4.69) is 63.7 Å². The Morgan fingerprint density at radius 3 is 1.08 bits per heavy atom. The van der Waals surface area contributed by atoms with Crippen LogP contribution in [0.25, 0.3) is 0 Å². The van der Waals surface area contributed by atoms with Crippen molar-refractivity contribution in [3.05, 3.63) is 85.5 Å². The normalized spacial score (nSPS) is 12.2. The third kappa shape index (κ3) is 8.07. The van der Waals surface area contributed by atoms with Crippen LogP contribution in [0.15, 0.2) is 64.1 Å². The second-order valence-electron chi connectivity index (χ2n) is 7.77. The molecule has 0 bridgehead atoms. The molecule has 202 valence electrons. The van der Waals surface area contributed by atoms with Gasteiger partial charge in [-0.1, -0.05) is 60.3 Å². The fourth-order valence-corrected chi connectivity index (χ4v) is 9.79. The minimum absolute atomic E-state index is 0.176. The molecule has 3 aromatic carbocycles. The highest BCUT2D eigenvalue weighted by atomic mass is 79.9. The van der Waals surface area contributed by atoms with Gasteiger partial charge < -0.3 is 0 Å². The number of halogens is 8. The van der Waals surface area contributed by atoms with Gasteiger partial charge in [0, 0.05) is 23.3 Å². The first-order chi connectivity index (χ1) is 16.7. The smallest absolute Gasteiger partial charge is 0.282 e. The van der Waals surface area contributed by atoms with E-state index in [9.17, 15) is 25.9 Å². The third-order valence-electron chi connectivity index (χ3n) is 4.94. The van der Waals surface area contributed by atoms with Gasteiger partial charge in [0.1, 0.15) is 9.79 Å². The molecule has 0 aliphatic rings. The van der Waals surface area contributed by atoms with Gasteiger partial charge in [0.25, 0.3) is 20.2 Å². The molecule has 0 aliphatic heterocycles. The van der Waals surface area contributed by atoms with Crippen LogP contribution >= 0.6 is 110 Å². The molecule has 0 unspecified atom stereocenters. The zero-order valence-electron chi connectivity index (χ0n) is 18.3. The molecule has 0 heterocycles. The summed E-state index contributed by atoms with van der Waals surface area (Å²) in [7, 11) is -8.86. The Balaban J connectivity index is 0.000000402. The molecule has 16 heteroatoms. The van der Waals surface area contributed by atoms with Gasteiger partial charge >= 0.3 is 0 Å². The van der Waals surface area contributed by atoms with E-state index in [-0.39, 0.29) is 27.7 Å². The summed E-state index contributed by atoms with van der Waals surface area (Å²) in [5.41, 5.74) is 0.685. The molecule has 0 radical (unpaired) electrons. The average Bonchev–Trinajstić information content (AvgIpc) is 2.72. The van der Waals surface area contributed by atoms with Crippen LogP contribution in [-0.2, 0) is 25.7 Å². The Morgan fingerprint density at radius 1 is 0.622 bits per heavy atom. The number of rotatable bonds is 4. The molecule has 6 nitrogen and oxygen atoms in total. The molecule has 3 aromatic rings. The highest BCUT2D eigenvalue weighted by Crippen LogP contribution is 2.42. The molecule has 3 rings (SSSR count). The van der Waals surface area contributed by atoms with E-state index < -0.39 is 25.7 Å². The van der Waals surface area contributed by atoms with Crippen molar-refractivity contribution in [1.29, 1.82) is 0 Å². The lowest BCUT2D eigenvalue weighted by Crippen LogP contribution is -2.20. The number of hydrogen-bond acceptors (Lipinski definition) is 4. The summed E-state index contributed by atoms with van der Waals surface area (Å²) in [6.45, 7) is 3.71. The van der Waals surface area contributed by atoms with Crippen LogP contribution in [0.5, 0.6) is 0 Å². The molecular weight excluding hydrogens is 874 g/mol. The molecule has 0 fully saturated rings. The molecule has 0 amide bonds. The van der Waals surface area contributed by atoms with Crippen molar-refractivity contribution in [2.75, 3.05) is 0 Å². The molecule has 0 saturated carbocycles. The molecule has 0 aromatic heterocycles. The topological polar surface area (TPSA) is 109 Å². The molecule has 37 heavy (non-hydrogen) atoms. The Morgan fingerprint density at radius 2 is 0.865 bits per heavy atom. The van der Waals surface area contributed by atoms with Crippen molar-refractivity contribution < 1.29 is 25.9 Å². The van der Waals surface area contributed by atoms with E-state index >= 15 is 0 Å². The molecule has 0 atom stereocenters. The van der Waals surface area contributed by atoms with Gasteiger partial charge in [-0.25, -0.2) is 0 Å². The SMILES string of the molecule is CC(C)(c1cc(Br)c(S(=O)(=O)O)c(Br)c1)c1cc(Br)c(S(=O)(=O)O)c(Br)c1.Clc1ccc(Cl)c(Cl)c1Cl. The van der Waals surface area contributed by atoms with Crippen molar-refractivity contribution in [3.8, 4) is 0 Å². The van der Waals surface area contributed by atoms with Crippen LogP contribution in [0.4, 0.5) is 0 Å². The van der Waals surface area contributed by atoms with Gasteiger partial charge in [0.15, 0.2) is 0 Å². The fraction of sp³-hybridized carbons (Fsp3) is 0.143. The summed E-state index contributed by atoms with van der Waals surface area (Å²) in [5, 5.41) is 1.43. The summed E-state index contributed by atoms with van der Waals surface area (Å²) in [5.74, 6) is 0. The van der Waals surface area contributed by atoms with Gasteiger partial charge in [-0.05, 0) is 111 Å². The lowest BCUT2D eigenvalue weighted by atomic mass is 9.78. The van der Waals surface area contributed by atoms with E-state index in [1.165, 1.54) is 0 Å². The van der Waals surface area contributed by atoms with Gasteiger partial charge in [0.2, 0.25) is 0 Å². The molecule has 0 spiro atoms. The Kier molecular flexibility index (Phi) is 11.5. The van der Waals surface area contributed by atoms with Gasteiger partial charge in [-0.15, -0.1) is 0 Å². The second kappa shape index (κ2) is 12.6. The quantitative estimate of drug-likeness (QED) is 0.154. The van der Waals surface area contributed by atoms with Crippen molar-refractivity contribution in [1.82, 2.24) is 0 Å². The maximum Gasteiger partial charge on any atom is 0.296 e. The summed E-state index contributed by atoms with van der Waals surface area (Å²) in [4.78, 5) is -0.572. The van der Waals surface area contributed by atoms with Crippen LogP contribution in [-0.4, -0.2) is 25.9 Å². The average molecular weight is 888 g/mol. The van der Waals surface area contributed by atoms with Crippen LogP contribution in [0.3, 0.4) is 0 Å². The zero-order valence-corrected chi connectivity index (χ0v) is 29.3. The minimum Gasteiger partial charge on any atom is -0.282 e. The molecule has 0 saturated heterocycles. The Labute approximate surface area is 268 Å². The van der Waals surface area contributed by atoms with E-state index in [0.717, 1.165) is 0 Å². The van der Waals surface area contributed by atoms with E-state index in [1.54, 1.807) is 36.4 Å². The van der Waals surface area contributed by atoms with Gasteiger partial charge in [-0.2, -0.15) is 16.8 Å². The Hall–Kier alpha value is 0.560. The minimum atomic E-state index is -4.43. The first-order valence-corrected chi connectivity index (χ1v) is 17.0. The molecule has 2 N–H and O–H groups in total.